The van der Waals surface area contributed by atoms with Gasteiger partial charge in [0.05, 0.1) is 12.7 Å². The molecule has 5 atom stereocenters. The first kappa shape index (κ1) is 24.3. The molecular weight excluding hydrogens is 461 g/mol. The lowest BCUT2D eigenvalue weighted by Crippen LogP contribution is -2.33. The number of hydrogen-bond acceptors (Lipinski definition) is 9. The Morgan fingerprint density at radius 2 is 1.79 bits per heavy atom. The van der Waals surface area contributed by atoms with Gasteiger partial charge in [0, 0.05) is 11.8 Å². The Balaban J connectivity index is 2.03. The first-order valence-electron chi connectivity index (χ1n) is 7.84. The summed E-state index contributed by atoms with van der Waals surface area (Å²) < 4.78 is 52.1. The number of nitrogens with zero attached hydrogens (tertiary/aromatic N) is 1. The summed E-state index contributed by atoms with van der Waals surface area (Å²) in [5.74, 6) is -0.314. The largest absolute Gasteiger partial charge is 0.490 e. The minimum absolute atomic E-state index is 0.262. The zero-order valence-electron chi connectivity index (χ0n) is 15.0. The molecule has 1 aromatic heterocycles. The lowest BCUT2D eigenvalue weighted by atomic mass is 10.0. The number of H-pyrrole nitrogens is 1. The third kappa shape index (κ3) is 7.06. The summed E-state index contributed by atoms with van der Waals surface area (Å²) in [7, 11) is -16.4. The smallest absolute Gasteiger partial charge is 0.352 e. The van der Waals surface area contributed by atoms with Crippen LogP contribution in [0.3, 0.4) is 0 Å². The normalized spacial score (nSPS) is 26.8. The second-order valence-electron chi connectivity index (χ2n) is 6.21. The molecule has 1 aliphatic heterocycles. The van der Waals surface area contributed by atoms with Crippen LogP contribution in [-0.4, -0.2) is 41.8 Å². The second kappa shape index (κ2) is 8.66. The van der Waals surface area contributed by atoms with Gasteiger partial charge in [0.15, 0.2) is 0 Å². The Morgan fingerprint density at radius 3 is 2.38 bits per heavy atom. The fraction of sp³-hybridized carbons (Fsp3) is 0.636. The van der Waals surface area contributed by atoms with Crippen LogP contribution in [-0.2, 0) is 31.6 Å². The Hall–Kier alpha value is -0.950. The van der Waals surface area contributed by atoms with Gasteiger partial charge in [-0.1, -0.05) is 6.92 Å². The van der Waals surface area contributed by atoms with E-state index in [0.29, 0.717) is 0 Å². The maximum absolute atomic E-state index is 11.9. The van der Waals surface area contributed by atoms with E-state index in [2.05, 4.69) is 18.1 Å². The Labute approximate surface area is 162 Å². The summed E-state index contributed by atoms with van der Waals surface area (Å²) in [5, 5.41) is 0. The lowest BCUT2D eigenvalue weighted by Gasteiger charge is -2.20. The van der Waals surface area contributed by atoms with E-state index in [0.717, 1.165) is 4.57 Å². The maximum atomic E-state index is 11.9. The molecule has 1 fully saturated rings. The maximum Gasteiger partial charge on any atom is 0.490 e. The van der Waals surface area contributed by atoms with Crippen molar-refractivity contribution in [1.82, 2.24) is 9.55 Å². The van der Waals surface area contributed by atoms with E-state index in [1.54, 1.807) is 6.92 Å². The van der Waals surface area contributed by atoms with Crippen molar-refractivity contribution < 1.29 is 51.2 Å². The molecule has 166 valence electrons. The molecule has 3 unspecified atom stereocenters. The summed E-state index contributed by atoms with van der Waals surface area (Å²) in [6, 6.07) is 0. The van der Waals surface area contributed by atoms with Crippen LogP contribution in [0.1, 0.15) is 25.1 Å². The van der Waals surface area contributed by atoms with E-state index < -0.39 is 53.7 Å². The summed E-state index contributed by atoms with van der Waals surface area (Å²) >= 11 is 0. The Bertz CT molecular complexity index is 1010. The van der Waals surface area contributed by atoms with Gasteiger partial charge in [0.25, 0.3) is 5.56 Å². The third-order valence-electron chi connectivity index (χ3n) is 3.81. The van der Waals surface area contributed by atoms with Gasteiger partial charge >= 0.3 is 29.2 Å². The number of rotatable bonds is 8. The van der Waals surface area contributed by atoms with Gasteiger partial charge in [-0.2, -0.15) is 8.62 Å². The average Bonchev–Trinajstić information content (AvgIpc) is 2.86. The molecule has 0 saturated carbocycles. The van der Waals surface area contributed by atoms with Crippen molar-refractivity contribution in [3.8, 4) is 0 Å². The van der Waals surface area contributed by atoms with Gasteiger partial charge in [0.2, 0.25) is 0 Å². The summed E-state index contributed by atoms with van der Waals surface area (Å²) in [6.45, 7) is 2.53. The molecule has 0 spiro atoms. The quantitative estimate of drug-likeness (QED) is 0.312. The minimum Gasteiger partial charge on any atom is -0.352 e. The van der Waals surface area contributed by atoms with Crippen LogP contribution in [0.25, 0.3) is 0 Å². The van der Waals surface area contributed by atoms with Gasteiger partial charge < -0.3 is 24.3 Å². The predicted octanol–water partition coefficient (Wildman–Crippen LogP) is 0.112. The molecule has 2 rings (SSSR count). The van der Waals surface area contributed by atoms with Gasteiger partial charge in [-0.3, -0.25) is 18.9 Å². The van der Waals surface area contributed by atoms with E-state index in [4.69, 9.17) is 19.4 Å². The van der Waals surface area contributed by atoms with Crippen molar-refractivity contribution in [3.05, 3.63) is 32.6 Å². The number of aromatic amines is 1. The predicted molar refractivity (Wildman–Crippen MR) is 93.6 cm³/mol. The van der Waals surface area contributed by atoms with Crippen molar-refractivity contribution in [2.45, 2.75) is 32.6 Å². The number of nitrogens with one attached hydrogen (secondary N) is 1. The first-order valence-corrected chi connectivity index (χ1v) is 12.4. The number of phosphoric ester groups is 1. The fourth-order valence-electron chi connectivity index (χ4n) is 2.51. The first-order chi connectivity index (χ1) is 13.1. The zero-order valence-corrected chi connectivity index (χ0v) is 17.7. The molecule has 2 heterocycles. The Morgan fingerprint density at radius 1 is 1.17 bits per heavy atom. The second-order valence-corrected chi connectivity index (χ2v) is 10.6. The van der Waals surface area contributed by atoms with E-state index in [-0.39, 0.29) is 17.9 Å². The highest BCUT2D eigenvalue weighted by molar-refractivity contribution is 7.66. The molecule has 18 heteroatoms. The number of hydrogen-bond donors (Lipinski definition) is 5. The van der Waals surface area contributed by atoms with E-state index in [1.807, 2.05) is 0 Å². The number of ether oxygens (including phenoxy) is 1. The van der Waals surface area contributed by atoms with E-state index >= 15 is 0 Å². The monoisotopic (exact) mass is 480 g/mol. The highest BCUT2D eigenvalue weighted by Crippen LogP contribution is 2.66. The molecule has 1 saturated heterocycles. The van der Waals surface area contributed by atoms with Gasteiger partial charge in [0.1, 0.15) is 6.23 Å². The van der Waals surface area contributed by atoms with Crippen molar-refractivity contribution in [2.24, 2.45) is 5.92 Å². The standard InChI is InChI=1S/C11H19N2O13P3/c1-6-3-9(13-4-7(2)10(14)12-11(13)15)24-8(6)5-23-28(19,20)26-29(21,22)25-27(16,17)18/h4,6,8-9H,3,5H2,1-2H3,(H,19,20)(H,21,22)(H,12,14,15)(H2,16,17,18)/t6?,8-,9-/m1/s1. The molecule has 0 aromatic carbocycles. The molecular formula is C11H19N2O13P3. The topological polar surface area (TPSA) is 224 Å². The molecule has 0 aliphatic carbocycles. The molecule has 0 radical (unpaired) electrons. The van der Waals surface area contributed by atoms with Crippen LogP contribution < -0.4 is 11.2 Å². The molecule has 0 amide bonds. The van der Waals surface area contributed by atoms with E-state index in [9.17, 15) is 28.2 Å². The highest BCUT2D eigenvalue weighted by Gasteiger charge is 2.42. The molecule has 1 aromatic rings. The number of aromatic nitrogens is 2. The van der Waals surface area contributed by atoms with Gasteiger partial charge in [-0.25, -0.2) is 18.5 Å². The van der Waals surface area contributed by atoms with E-state index in [1.165, 1.54) is 13.1 Å². The zero-order chi connectivity index (χ0) is 22.2. The number of aryl methyl sites for hydroxylation is 1. The average molecular weight is 480 g/mol. The molecule has 1 aliphatic rings. The minimum atomic E-state index is -5.61. The summed E-state index contributed by atoms with van der Waals surface area (Å²) in [6.07, 6.45) is -0.106. The Kier molecular flexibility index (Phi) is 7.26. The van der Waals surface area contributed by atoms with Gasteiger partial charge in [-0.05, 0) is 19.3 Å². The van der Waals surface area contributed by atoms with Crippen LogP contribution in [0, 0.1) is 12.8 Å². The van der Waals surface area contributed by atoms with Gasteiger partial charge in [-0.15, -0.1) is 0 Å². The van der Waals surface area contributed by atoms with Crippen LogP contribution in [0.2, 0.25) is 0 Å². The van der Waals surface area contributed by atoms with Crippen LogP contribution in [0.15, 0.2) is 15.8 Å². The van der Waals surface area contributed by atoms with Crippen molar-refractivity contribution >= 4 is 23.5 Å². The van der Waals surface area contributed by atoms with Crippen LogP contribution in [0.5, 0.6) is 0 Å². The lowest BCUT2D eigenvalue weighted by molar-refractivity contribution is -0.0308. The molecule has 29 heavy (non-hydrogen) atoms. The van der Waals surface area contributed by atoms with Crippen molar-refractivity contribution in [2.75, 3.05) is 6.61 Å². The summed E-state index contributed by atoms with van der Waals surface area (Å²) in [4.78, 5) is 61.0. The summed E-state index contributed by atoms with van der Waals surface area (Å²) in [5.41, 5.74) is -1.01. The fourth-order valence-corrected chi connectivity index (χ4v) is 5.54. The SMILES string of the molecule is Cc1cn([C@H]2CC(C)[C@@H](COP(=O)(O)OP(=O)(O)OP(=O)(O)O)O2)c(=O)[nH]c1=O. The van der Waals surface area contributed by atoms with Crippen LogP contribution >= 0.6 is 23.5 Å². The van der Waals surface area contributed by atoms with Crippen molar-refractivity contribution in [1.29, 1.82) is 0 Å². The van der Waals surface area contributed by atoms with Crippen molar-refractivity contribution in [3.63, 3.8) is 0 Å². The highest BCUT2D eigenvalue weighted by atomic mass is 31.3. The number of phosphoric acid groups is 3. The molecule has 15 nitrogen and oxygen atoms in total. The van der Waals surface area contributed by atoms with Crippen LogP contribution in [0.4, 0.5) is 0 Å². The third-order valence-corrected chi connectivity index (χ3v) is 7.62. The molecule has 0 bridgehead atoms. The molecule has 5 N–H and O–H groups in total.